The van der Waals surface area contributed by atoms with Crippen LogP contribution in [0, 0.1) is 0 Å². The molecule has 17 heavy (non-hydrogen) atoms. The van der Waals surface area contributed by atoms with Gasteiger partial charge in [0.1, 0.15) is 0 Å². The zero-order valence-corrected chi connectivity index (χ0v) is 10.2. The van der Waals surface area contributed by atoms with Gasteiger partial charge in [-0.25, -0.2) is 0 Å². The van der Waals surface area contributed by atoms with Crippen molar-refractivity contribution in [3.05, 3.63) is 53.9 Å². The molecule has 1 heterocycles. The lowest BCUT2D eigenvalue weighted by Gasteiger charge is -2.03. The average molecular weight is 246 g/mol. The molecule has 0 fully saturated rings. The van der Waals surface area contributed by atoms with Crippen molar-refractivity contribution in [1.82, 2.24) is 4.98 Å². The van der Waals surface area contributed by atoms with Gasteiger partial charge in [0.25, 0.3) is 0 Å². The van der Waals surface area contributed by atoms with Crippen LogP contribution in [0.2, 0.25) is 0 Å². The van der Waals surface area contributed by atoms with Crippen molar-refractivity contribution in [2.45, 2.75) is 17.3 Å². The van der Waals surface area contributed by atoms with Gasteiger partial charge in [0.15, 0.2) is 0 Å². The topological polar surface area (TPSA) is 59.1 Å². The number of pyridine rings is 1. The first-order valence-corrected chi connectivity index (χ1v) is 6.29. The number of rotatable bonds is 4. The first kappa shape index (κ1) is 12.0. The van der Waals surface area contributed by atoms with Crippen molar-refractivity contribution in [2.24, 2.45) is 0 Å². The molecule has 0 spiro atoms. The highest BCUT2D eigenvalue weighted by atomic mass is 32.2. The first-order chi connectivity index (χ1) is 8.28. The molecular formula is C13H14N2OS. The number of benzene rings is 1. The van der Waals surface area contributed by atoms with Crippen LogP contribution in [-0.2, 0) is 12.4 Å². The van der Waals surface area contributed by atoms with Crippen molar-refractivity contribution in [2.75, 3.05) is 5.73 Å². The van der Waals surface area contributed by atoms with Crippen molar-refractivity contribution in [3.63, 3.8) is 0 Å². The van der Waals surface area contributed by atoms with E-state index in [2.05, 4.69) is 4.98 Å². The molecule has 0 radical (unpaired) electrons. The Morgan fingerprint density at radius 1 is 1.18 bits per heavy atom. The summed E-state index contributed by atoms with van der Waals surface area (Å²) in [5, 5.41) is 8.94. The third-order valence-corrected chi connectivity index (χ3v) is 3.38. The molecule has 1 aromatic carbocycles. The Balaban J connectivity index is 1.97. The van der Waals surface area contributed by atoms with Crippen molar-refractivity contribution < 1.29 is 5.11 Å². The summed E-state index contributed by atoms with van der Waals surface area (Å²) in [5.74, 6) is 0.795. The number of anilines is 1. The second-order valence-corrected chi connectivity index (χ2v) is 4.72. The molecule has 88 valence electrons. The summed E-state index contributed by atoms with van der Waals surface area (Å²) >= 11 is 1.70. The number of hydrogen-bond acceptors (Lipinski definition) is 4. The van der Waals surface area contributed by atoms with Gasteiger partial charge in [-0.05, 0) is 29.8 Å². The molecule has 1 aromatic heterocycles. The quantitative estimate of drug-likeness (QED) is 0.814. The molecule has 2 aromatic rings. The number of nitrogens with two attached hydrogens (primary N) is 1. The van der Waals surface area contributed by atoms with E-state index >= 15 is 0 Å². The van der Waals surface area contributed by atoms with Crippen LogP contribution in [0.5, 0.6) is 0 Å². The molecular weight excluding hydrogens is 232 g/mol. The summed E-state index contributed by atoms with van der Waals surface area (Å²) in [6.45, 7) is 0.0850. The van der Waals surface area contributed by atoms with E-state index in [1.807, 2.05) is 30.3 Å². The Bertz CT molecular complexity index is 485. The molecule has 0 aliphatic rings. The summed E-state index contributed by atoms with van der Waals surface area (Å²) < 4.78 is 0. The van der Waals surface area contributed by atoms with Gasteiger partial charge in [0.05, 0.1) is 12.3 Å². The molecule has 3 N–H and O–H groups in total. The molecule has 0 bridgehead atoms. The molecule has 0 saturated carbocycles. The normalized spacial score (nSPS) is 10.4. The van der Waals surface area contributed by atoms with Crippen LogP contribution in [0.25, 0.3) is 0 Å². The SMILES string of the molecule is Nc1ccnc(CSc2ccc(CO)cc2)c1. The van der Waals surface area contributed by atoms with Gasteiger partial charge in [-0.2, -0.15) is 0 Å². The van der Waals surface area contributed by atoms with Crippen molar-refractivity contribution >= 4 is 17.4 Å². The van der Waals surface area contributed by atoms with Crippen LogP contribution in [0.1, 0.15) is 11.3 Å². The van der Waals surface area contributed by atoms with Crippen LogP contribution in [0.4, 0.5) is 5.69 Å². The Labute approximate surface area is 105 Å². The highest BCUT2D eigenvalue weighted by Gasteiger charge is 1.98. The third-order valence-electron chi connectivity index (χ3n) is 2.33. The molecule has 0 amide bonds. The summed E-state index contributed by atoms with van der Waals surface area (Å²) in [6.07, 6.45) is 1.72. The highest BCUT2D eigenvalue weighted by molar-refractivity contribution is 7.98. The second-order valence-electron chi connectivity index (χ2n) is 3.67. The second kappa shape index (κ2) is 5.70. The summed E-state index contributed by atoms with van der Waals surface area (Å²) in [4.78, 5) is 5.41. The largest absolute Gasteiger partial charge is 0.399 e. The van der Waals surface area contributed by atoms with Crippen molar-refractivity contribution in [1.29, 1.82) is 0 Å². The van der Waals surface area contributed by atoms with E-state index < -0.39 is 0 Å². The maximum atomic E-state index is 8.94. The summed E-state index contributed by atoms with van der Waals surface area (Å²) in [6, 6.07) is 11.5. The van der Waals surface area contributed by atoms with E-state index in [0.717, 1.165) is 27.6 Å². The minimum absolute atomic E-state index is 0.0850. The van der Waals surface area contributed by atoms with Crippen LogP contribution >= 0.6 is 11.8 Å². The Kier molecular flexibility index (Phi) is 4.01. The zero-order chi connectivity index (χ0) is 12.1. The van der Waals surface area contributed by atoms with E-state index in [4.69, 9.17) is 10.8 Å². The number of aromatic nitrogens is 1. The number of nitrogen functional groups attached to an aromatic ring is 1. The van der Waals surface area contributed by atoms with Gasteiger partial charge in [-0.15, -0.1) is 11.8 Å². The molecule has 2 rings (SSSR count). The average Bonchev–Trinajstić information content (AvgIpc) is 2.37. The van der Waals surface area contributed by atoms with E-state index in [1.54, 1.807) is 24.0 Å². The fourth-order valence-electron chi connectivity index (χ4n) is 1.42. The van der Waals surface area contributed by atoms with Gasteiger partial charge in [-0.3, -0.25) is 4.98 Å². The molecule has 0 aliphatic heterocycles. The zero-order valence-electron chi connectivity index (χ0n) is 9.34. The Morgan fingerprint density at radius 3 is 2.59 bits per heavy atom. The van der Waals surface area contributed by atoms with Crippen LogP contribution in [0.15, 0.2) is 47.5 Å². The lowest BCUT2D eigenvalue weighted by atomic mass is 10.2. The Hall–Kier alpha value is -1.52. The lowest BCUT2D eigenvalue weighted by molar-refractivity contribution is 0.282. The van der Waals surface area contributed by atoms with E-state index in [9.17, 15) is 0 Å². The highest BCUT2D eigenvalue weighted by Crippen LogP contribution is 2.22. The van der Waals surface area contributed by atoms with Crippen molar-refractivity contribution in [3.8, 4) is 0 Å². The smallest absolute Gasteiger partial charge is 0.0681 e. The maximum absolute atomic E-state index is 8.94. The van der Waals surface area contributed by atoms with Gasteiger partial charge in [-0.1, -0.05) is 12.1 Å². The summed E-state index contributed by atoms with van der Waals surface area (Å²) in [5.41, 5.74) is 8.33. The fourth-order valence-corrected chi connectivity index (χ4v) is 2.23. The van der Waals surface area contributed by atoms with E-state index in [0.29, 0.717) is 0 Å². The molecule has 0 unspecified atom stereocenters. The van der Waals surface area contributed by atoms with Gasteiger partial charge in [0, 0.05) is 22.5 Å². The van der Waals surface area contributed by atoms with E-state index in [-0.39, 0.29) is 6.61 Å². The minimum atomic E-state index is 0.0850. The third kappa shape index (κ3) is 3.47. The number of aliphatic hydroxyl groups excluding tert-OH is 1. The van der Waals surface area contributed by atoms with E-state index in [1.165, 1.54) is 0 Å². The predicted octanol–water partition coefficient (Wildman–Crippen LogP) is 2.45. The minimum Gasteiger partial charge on any atom is -0.399 e. The lowest BCUT2D eigenvalue weighted by Crippen LogP contribution is -1.90. The number of hydrogen-bond donors (Lipinski definition) is 2. The number of thioether (sulfide) groups is 1. The molecule has 0 saturated heterocycles. The monoisotopic (exact) mass is 246 g/mol. The van der Waals surface area contributed by atoms with Crippen LogP contribution in [0.3, 0.4) is 0 Å². The maximum Gasteiger partial charge on any atom is 0.0681 e. The van der Waals surface area contributed by atoms with Crippen LogP contribution < -0.4 is 5.73 Å². The first-order valence-electron chi connectivity index (χ1n) is 5.31. The molecule has 0 aliphatic carbocycles. The molecule has 0 atom stereocenters. The Morgan fingerprint density at radius 2 is 1.94 bits per heavy atom. The number of aliphatic hydroxyl groups is 1. The molecule has 4 heteroatoms. The fraction of sp³-hybridized carbons (Fsp3) is 0.154. The number of nitrogens with zero attached hydrogens (tertiary/aromatic N) is 1. The van der Waals surface area contributed by atoms with Gasteiger partial charge in [0.2, 0.25) is 0 Å². The van der Waals surface area contributed by atoms with Crippen LogP contribution in [-0.4, -0.2) is 10.1 Å². The van der Waals surface area contributed by atoms with Gasteiger partial charge < -0.3 is 10.8 Å². The standard InChI is InChI=1S/C13H14N2OS/c14-11-5-6-15-12(7-11)9-17-13-3-1-10(8-16)2-4-13/h1-7,16H,8-9H2,(H2,14,15). The molecule has 3 nitrogen and oxygen atoms in total. The summed E-state index contributed by atoms with van der Waals surface area (Å²) in [7, 11) is 0. The predicted molar refractivity (Wildman–Crippen MR) is 70.6 cm³/mol. The van der Waals surface area contributed by atoms with Gasteiger partial charge >= 0.3 is 0 Å².